The van der Waals surface area contributed by atoms with E-state index < -0.39 is 34.0 Å². The molecule has 8 nitrogen and oxygen atoms in total. The lowest BCUT2D eigenvalue weighted by atomic mass is 10.0. The molecule has 1 fully saturated rings. The molecule has 12 heteroatoms. The van der Waals surface area contributed by atoms with Crippen molar-refractivity contribution in [2.75, 3.05) is 12.4 Å². The molecule has 164 valence electrons. The molecular formula is C19H19ClFN5O3S2. The van der Waals surface area contributed by atoms with Crippen molar-refractivity contribution in [1.82, 2.24) is 18.6 Å². The zero-order valence-electron chi connectivity index (χ0n) is 16.5. The third kappa shape index (κ3) is 4.37. The molecule has 2 aromatic heterocycles. The van der Waals surface area contributed by atoms with Gasteiger partial charge in [0.05, 0.1) is 29.3 Å². The van der Waals surface area contributed by atoms with E-state index in [1.54, 1.807) is 12.5 Å². The van der Waals surface area contributed by atoms with E-state index in [0.717, 1.165) is 26.5 Å². The number of halogens is 2. The van der Waals surface area contributed by atoms with E-state index in [0.29, 0.717) is 0 Å². The highest BCUT2D eigenvalue weighted by molar-refractivity contribution is 7.87. The summed E-state index contributed by atoms with van der Waals surface area (Å²) in [6.07, 6.45) is 3.64. The third-order valence-corrected chi connectivity index (χ3v) is 8.06. The molecule has 0 bridgehead atoms. The number of benzene rings is 1. The molecule has 1 aliphatic rings. The number of carbonyl (C=O) groups is 1. The molecule has 0 spiro atoms. The van der Waals surface area contributed by atoms with Crippen molar-refractivity contribution < 1.29 is 17.6 Å². The van der Waals surface area contributed by atoms with Crippen molar-refractivity contribution in [3.8, 4) is 11.3 Å². The number of rotatable bonds is 4. The minimum absolute atomic E-state index is 0.136. The van der Waals surface area contributed by atoms with Crippen LogP contribution >= 0.6 is 22.9 Å². The zero-order valence-corrected chi connectivity index (χ0v) is 18.9. The largest absolute Gasteiger partial charge is 0.334 e. The topological polar surface area (TPSA) is 96.3 Å². The molecule has 1 amide bonds. The van der Waals surface area contributed by atoms with Crippen LogP contribution < -0.4 is 10.0 Å². The second-order valence-electron chi connectivity index (χ2n) is 7.19. The molecule has 3 heterocycles. The first-order valence-electron chi connectivity index (χ1n) is 9.22. The SMILES string of the molecule is CN1[C@H](C(=O)Nc2ccc(F)c(Cl)c2)C[C@H](c2cc(-c3cncn3C)cs2)NS1(=O)=O. The van der Waals surface area contributed by atoms with Crippen LogP contribution in [0.4, 0.5) is 10.1 Å². The zero-order chi connectivity index (χ0) is 22.3. The number of hydrogen-bond acceptors (Lipinski definition) is 5. The monoisotopic (exact) mass is 483 g/mol. The predicted molar refractivity (Wildman–Crippen MR) is 118 cm³/mol. The maximum atomic E-state index is 13.4. The van der Waals surface area contributed by atoms with Crippen molar-refractivity contribution in [2.24, 2.45) is 7.05 Å². The van der Waals surface area contributed by atoms with E-state index in [4.69, 9.17) is 11.6 Å². The van der Waals surface area contributed by atoms with Gasteiger partial charge in [0.2, 0.25) is 5.91 Å². The third-order valence-electron chi connectivity index (χ3n) is 5.13. The minimum atomic E-state index is -3.89. The van der Waals surface area contributed by atoms with Crippen molar-refractivity contribution in [2.45, 2.75) is 18.5 Å². The van der Waals surface area contributed by atoms with E-state index in [1.165, 1.54) is 30.5 Å². The Morgan fingerprint density at radius 1 is 1.35 bits per heavy atom. The number of nitrogens with one attached hydrogen (secondary N) is 2. The predicted octanol–water partition coefficient (Wildman–Crippen LogP) is 3.16. The normalized spacial score (nSPS) is 21.2. The van der Waals surface area contributed by atoms with Crippen LogP contribution in [0.1, 0.15) is 17.3 Å². The Labute approximate surface area is 187 Å². The number of nitrogens with zero attached hydrogens (tertiary/aromatic N) is 3. The van der Waals surface area contributed by atoms with E-state index >= 15 is 0 Å². The lowest BCUT2D eigenvalue weighted by Crippen LogP contribution is -2.55. The number of hydrogen-bond donors (Lipinski definition) is 2. The average molecular weight is 484 g/mol. The lowest BCUT2D eigenvalue weighted by molar-refractivity contribution is -0.120. The van der Waals surface area contributed by atoms with Crippen LogP contribution in [-0.4, -0.2) is 41.3 Å². The molecule has 31 heavy (non-hydrogen) atoms. The second-order valence-corrected chi connectivity index (χ2v) is 10.3. The van der Waals surface area contributed by atoms with Gasteiger partial charge in [0.25, 0.3) is 10.2 Å². The number of likely N-dealkylation sites (N-methyl/N-ethyl adjacent to an activating group) is 1. The van der Waals surface area contributed by atoms with Crippen molar-refractivity contribution in [1.29, 1.82) is 0 Å². The van der Waals surface area contributed by atoms with Crippen molar-refractivity contribution in [3.63, 3.8) is 0 Å². The Hall–Kier alpha value is -2.31. The number of aromatic nitrogens is 2. The minimum Gasteiger partial charge on any atom is -0.334 e. The summed E-state index contributed by atoms with van der Waals surface area (Å²) in [7, 11) is -0.669. The van der Waals surface area contributed by atoms with Gasteiger partial charge in [0.15, 0.2) is 0 Å². The first-order valence-corrected chi connectivity index (χ1v) is 11.9. The maximum absolute atomic E-state index is 13.4. The molecule has 2 atom stereocenters. The van der Waals surface area contributed by atoms with Gasteiger partial charge in [-0.25, -0.2) is 9.37 Å². The van der Waals surface area contributed by atoms with Gasteiger partial charge in [0.1, 0.15) is 11.9 Å². The van der Waals surface area contributed by atoms with Gasteiger partial charge in [0, 0.05) is 35.6 Å². The summed E-state index contributed by atoms with van der Waals surface area (Å²) < 4.78 is 44.2. The number of carbonyl (C=O) groups excluding carboxylic acids is 1. The number of anilines is 1. The Morgan fingerprint density at radius 3 is 2.81 bits per heavy atom. The van der Waals surface area contributed by atoms with Gasteiger partial charge in [-0.3, -0.25) is 4.79 Å². The highest BCUT2D eigenvalue weighted by atomic mass is 35.5. The molecule has 3 aromatic rings. The van der Waals surface area contributed by atoms with Crippen LogP contribution in [0.5, 0.6) is 0 Å². The first kappa shape index (κ1) is 21.9. The molecule has 0 saturated carbocycles. The number of imidazole rings is 1. The molecule has 1 aliphatic heterocycles. The second kappa shape index (κ2) is 8.32. The summed E-state index contributed by atoms with van der Waals surface area (Å²) in [6.45, 7) is 0. The summed E-state index contributed by atoms with van der Waals surface area (Å²) >= 11 is 7.18. The highest BCUT2D eigenvalue weighted by Gasteiger charge is 2.41. The summed E-state index contributed by atoms with van der Waals surface area (Å²) in [4.78, 5) is 17.8. The molecule has 0 unspecified atom stereocenters. The van der Waals surface area contributed by atoms with Gasteiger partial charge in [-0.2, -0.15) is 17.4 Å². The van der Waals surface area contributed by atoms with Crippen LogP contribution in [0, 0.1) is 5.82 Å². The van der Waals surface area contributed by atoms with Gasteiger partial charge >= 0.3 is 0 Å². The summed E-state index contributed by atoms with van der Waals surface area (Å²) in [5, 5.41) is 4.41. The van der Waals surface area contributed by atoms with Crippen LogP contribution in [0.25, 0.3) is 11.3 Å². The summed E-state index contributed by atoms with van der Waals surface area (Å²) in [6, 6.07) is 4.15. The van der Waals surface area contributed by atoms with E-state index in [-0.39, 0.29) is 17.1 Å². The Kier molecular flexibility index (Phi) is 5.88. The summed E-state index contributed by atoms with van der Waals surface area (Å²) in [5.74, 6) is -1.13. The lowest BCUT2D eigenvalue weighted by Gasteiger charge is -2.35. The molecule has 1 saturated heterocycles. The Morgan fingerprint density at radius 2 is 2.13 bits per heavy atom. The average Bonchev–Trinajstić information content (AvgIpc) is 3.35. The van der Waals surface area contributed by atoms with Crippen molar-refractivity contribution >= 4 is 44.7 Å². The molecule has 0 radical (unpaired) electrons. The molecule has 1 aromatic carbocycles. The van der Waals surface area contributed by atoms with E-state index in [2.05, 4.69) is 15.0 Å². The van der Waals surface area contributed by atoms with Gasteiger partial charge < -0.3 is 9.88 Å². The molecule has 2 N–H and O–H groups in total. The molecule has 4 rings (SSSR count). The van der Waals surface area contributed by atoms with E-state index in [1.807, 2.05) is 23.1 Å². The Bertz CT molecular complexity index is 1240. The van der Waals surface area contributed by atoms with Crippen LogP contribution in [0.15, 0.2) is 42.2 Å². The Balaban J connectivity index is 1.58. The van der Waals surface area contributed by atoms with E-state index in [9.17, 15) is 17.6 Å². The highest BCUT2D eigenvalue weighted by Crippen LogP contribution is 2.35. The number of aryl methyl sites for hydroxylation is 1. The van der Waals surface area contributed by atoms with Gasteiger partial charge in [-0.1, -0.05) is 11.6 Å². The smallest absolute Gasteiger partial charge is 0.280 e. The van der Waals surface area contributed by atoms with Gasteiger partial charge in [-0.05, 0) is 30.7 Å². The van der Waals surface area contributed by atoms with Crippen LogP contribution in [0.2, 0.25) is 5.02 Å². The number of amides is 1. The van der Waals surface area contributed by atoms with Gasteiger partial charge in [-0.15, -0.1) is 11.3 Å². The maximum Gasteiger partial charge on any atom is 0.280 e. The quantitative estimate of drug-likeness (QED) is 0.595. The van der Waals surface area contributed by atoms with Crippen molar-refractivity contribution in [3.05, 3.63) is 57.9 Å². The first-order chi connectivity index (χ1) is 14.7. The summed E-state index contributed by atoms with van der Waals surface area (Å²) in [5.41, 5.74) is 2.10. The fourth-order valence-electron chi connectivity index (χ4n) is 3.40. The standard InChI is InChI=1S/C19H19ClFN5O3S2/c1-25-10-22-8-17(25)11-5-18(30-9-11)15-7-16(26(2)31(28,29)24-15)19(27)23-12-3-4-14(21)13(20)6-12/h3-6,8-10,15-16,24H,7H2,1-2H3,(H,23,27)/t15-,16+/m1/s1. The van der Waals surface area contributed by atoms with Crippen LogP contribution in [0.3, 0.4) is 0 Å². The fraction of sp³-hybridized carbons (Fsp3) is 0.263. The molecular weight excluding hydrogens is 465 g/mol. The fourth-order valence-corrected chi connectivity index (χ4v) is 5.89. The number of thiophene rings is 1. The van der Waals surface area contributed by atoms with Crippen LogP contribution in [-0.2, 0) is 22.1 Å². The molecule has 0 aliphatic carbocycles.